The molecule has 2 aliphatic heterocycles. The molecule has 0 radical (unpaired) electrons. The van der Waals surface area contributed by atoms with E-state index in [0.717, 1.165) is 52.0 Å². The first-order valence-electron chi connectivity index (χ1n) is 7.82. The van der Waals surface area contributed by atoms with Gasteiger partial charge in [0, 0.05) is 45.7 Å². The number of nitrogens with zero attached hydrogens (tertiary/aromatic N) is 3. The number of hydrogen-bond acceptors (Lipinski definition) is 3. The number of carbonyl (C=O) groups is 2. The summed E-state index contributed by atoms with van der Waals surface area (Å²) in [4.78, 5) is 30.4. The number of likely N-dealkylation sites (N-methyl/N-ethyl adjacent to an activating group) is 1. The van der Waals surface area contributed by atoms with Gasteiger partial charge in [0.15, 0.2) is 0 Å². The van der Waals surface area contributed by atoms with Crippen molar-refractivity contribution < 1.29 is 9.59 Å². The summed E-state index contributed by atoms with van der Waals surface area (Å²) in [5.41, 5.74) is 0. The van der Waals surface area contributed by atoms with Gasteiger partial charge in [0.2, 0.25) is 11.8 Å². The van der Waals surface area contributed by atoms with Gasteiger partial charge in [-0.3, -0.25) is 14.5 Å². The first-order chi connectivity index (χ1) is 9.54. The highest BCUT2D eigenvalue weighted by atomic mass is 16.2. The van der Waals surface area contributed by atoms with Crippen molar-refractivity contribution >= 4 is 11.8 Å². The second kappa shape index (κ2) is 6.57. The van der Waals surface area contributed by atoms with Crippen LogP contribution in [0.4, 0.5) is 0 Å². The molecule has 0 aliphatic carbocycles. The minimum atomic E-state index is 0.0367. The van der Waals surface area contributed by atoms with E-state index < -0.39 is 0 Å². The molecule has 0 aromatic rings. The molecule has 114 valence electrons. The second-order valence-electron chi connectivity index (χ2n) is 6.09. The molecule has 0 spiro atoms. The van der Waals surface area contributed by atoms with Crippen LogP contribution in [-0.2, 0) is 9.59 Å². The summed E-state index contributed by atoms with van der Waals surface area (Å²) in [7, 11) is 1.89. The van der Waals surface area contributed by atoms with Crippen molar-refractivity contribution in [3.05, 3.63) is 0 Å². The van der Waals surface area contributed by atoms with Gasteiger partial charge in [-0.05, 0) is 19.3 Å². The number of rotatable bonds is 3. The predicted octanol–water partition coefficient (Wildman–Crippen LogP) is 0.798. The lowest BCUT2D eigenvalue weighted by Crippen LogP contribution is -2.58. The van der Waals surface area contributed by atoms with Crippen molar-refractivity contribution in [2.24, 2.45) is 5.92 Å². The van der Waals surface area contributed by atoms with Crippen LogP contribution in [0.5, 0.6) is 0 Å². The van der Waals surface area contributed by atoms with Crippen molar-refractivity contribution in [2.75, 3.05) is 39.8 Å². The minimum Gasteiger partial charge on any atom is -0.344 e. The zero-order valence-corrected chi connectivity index (χ0v) is 13.0. The van der Waals surface area contributed by atoms with Crippen molar-refractivity contribution in [3.8, 4) is 0 Å². The molecule has 2 fully saturated rings. The molecule has 2 atom stereocenters. The van der Waals surface area contributed by atoms with Gasteiger partial charge in [-0.2, -0.15) is 0 Å². The molecule has 2 heterocycles. The molecule has 0 aromatic carbocycles. The van der Waals surface area contributed by atoms with E-state index in [-0.39, 0.29) is 23.8 Å². The highest BCUT2D eigenvalue weighted by Gasteiger charge is 2.34. The van der Waals surface area contributed by atoms with Crippen LogP contribution >= 0.6 is 0 Å². The van der Waals surface area contributed by atoms with Crippen LogP contribution in [0.1, 0.15) is 33.1 Å². The lowest BCUT2D eigenvalue weighted by Gasteiger charge is -2.42. The largest absolute Gasteiger partial charge is 0.344 e. The number of piperazine rings is 1. The molecule has 0 saturated carbocycles. The van der Waals surface area contributed by atoms with Crippen LogP contribution in [0.15, 0.2) is 0 Å². The third-order valence-electron chi connectivity index (χ3n) is 4.73. The molecule has 2 rings (SSSR count). The van der Waals surface area contributed by atoms with Crippen LogP contribution in [0, 0.1) is 5.92 Å². The molecule has 5 nitrogen and oxygen atoms in total. The summed E-state index contributed by atoms with van der Waals surface area (Å²) in [5, 5.41) is 0. The summed E-state index contributed by atoms with van der Waals surface area (Å²) >= 11 is 0. The van der Waals surface area contributed by atoms with Crippen molar-refractivity contribution in [3.63, 3.8) is 0 Å². The Labute approximate surface area is 121 Å². The van der Waals surface area contributed by atoms with Crippen LogP contribution in [0.25, 0.3) is 0 Å². The average Bonchev–Trinajstić information content (AvgIpc) is 2.48. The summed E-state index contributed by atoms with van der Waals surface area (Å²) in [6.45, 7) is 8.09. The maximum Gasteiger partial charge on any atom is 0.239 e. The molecule has 2 amide bonds. The van der Waals surface area contributed by atoms with Gasteiger partial charge >= 0.3 is 0 Å². The SMILES string of the molecule is CCC(C)C(=O)N1CCN(C2CCCN(C)C2=O)CC1. The van der Waals surface area contributed by atoms with Gasteiger partial charge in [-0.25, -0.2) is 0 Å². The number of likely N-dealkylation sites (tertiary alicyclic amines) is 1. The van der Waals surface area contributed by atoms with Crippen LogP contribution in [0.2, 0.25) is 0 Å². The van der Waals surface area contributed by atoms with Gasteiger partial charge in [-0.1, -0.05) is 13.8 Å². The molecule has 0 bridgehead atoms. The number of amides is 2. The standard InChI is InChI=1S/C15H27N3O2/c1-4-12(2)14(19)18-10-8-17(9-11-18)13-6-5-7-16(3)15(13)20/h12-13H,4-11H2,1-3H3. The minimum absolute atomic E-state index is 0.0367. The van der Waals surface area contributed by atoms with Crippen LogP contribution in [0.3, 0.4) is 0 Å². The lowest BCUT2D eigenvalue weighted by atomic mass is 10.0. The molecule has 0 N–H and O–H groups in total. The first kappa shape index (κ1) is 15.3. The van der Waals surface area contributed by atoms with E-state index in [4.69, 9.17) is 0 Å². The molecule has 2 aliphatic rings. The van der Waals surface area contributed by atoms with Gasteiger partial charge in [0.1, 0.15) is 0 Å². The number of piperidine rings is 1. The van der Waals surface area contributed by atoms with Gasteiger partial charge in [0.05, 0.1) is 6.04 Å². The van der Waals surface area contributed by atoms with E-state index in [1.165, 1.54) is 0 Å². The molecule has 20 heavy (non-hydrogen) atoms. The Hall–Kier alpha value is -1.10. The molecular formula is C15H27N3O2. The molecule has 5 heteroatoms. The van der Waals surface area contributed by atoms with E-state index in [1.54, 1.807) is 0 Å². The zero-order valence-electron chi connectivity index (χ0n) is 13.0. The van der Waals surface area contributed by atoms with Gasteiger partial charge < -0.3 is 9.80 Å². The monoisotopic (exact) mass is 281 g/mol. The lowest BCUT2D eigenvalue weighted by molar-refractivity contribution is -0.142. The van der Waals surface area contributed by atoms with Gasteiger partial charge in [-0.15, -0.1) is 0 Å². The van der Waals surface area contributed by atoms with E-state index in [1.807, 2.05) is 23.8 Å². The Bertz CT molecular complexity index is 364. The highest BCUT2D eigenvalue weighted by Crippen LogP contribution is 2.19. The Balaban J connectivity index is 1.88. The quantitative estimate of drug-likeness (QED) is 0.768. The van der Waals surface area contributed by atoms with Crippen LogP contribution in [-0.4, -0.2) is 72.3 Å². The third-order valence-corrected chi connectivity index (χ3v) is 4.73. The summed E-state index contributed by atoms with van der Waals surface area (Å²) in [6.07, 6.45) is 2.94. The maximum atomic E-state index is 12.2. The molecule has 0 aromatic heterocycles. The Kier molecular flexibility index (Phi) is 5.02. The van der Waals surface area contributed by atoms with Crippen molar-refractivity contribution in [2.45, 2.75) is 39.2 Å². The fourth-order valence-electron chi connectivity index (χ4n) is 3.09. The molecule has 2 unspecified atom stereocenters. The fraction of sp³-hybridized carbons (Fsp3) is 0.867. The van der Waals surface area contributed by atoms with Crippen molar-refractivity contribution in [1.29, 1.82) is 0 Å². The second-order valence-corrected chi connectivity index (χ2v) is 6.09. The molecule has 2 saturated heterocycles. The fourth-order valence-corrected chi connectivity index (χ4v) is 3.09. The van der Waals surface area contributed by atoms with E-state index in [9.17, 15) is 9.59 Å². The van der Waals surface area contributed by atoms with Crippen molar-refractivity contribution in [1.82, 2.24) is 14.7 Å². The smallest absolute Gasteiger partial charge is 0.239 e. The van der Waals surface area contributed by atoms with Crippen LogP contribution < -0.4 is 0 Å². The zero-order chi connectivity index (χ0) is 14.7. The average molecular weight is 281 g/mol. The van der Waals surface area contributed by atoms with E-state index >= 15 is 0 Å². The number of carbonyl (C=O) groups excluding carboxylic acids is 2. The Morgan fingerprint density at radius 3 is 2.50 bits per heavy atom. The van der Waals surface area contributed by atoms with E-state index in [2.05, 4.69) is 11.8 Å². The Morgan fingerprint density at radius 2 is 1.90 bits per heavy atom. The normalized spacial score (nSPS) is 26.8. The molecular weight excluding hydrogens is 254 g/mol. The predicted molar refractivity (Wildman–Crippen MR) is 78.3 cm³/mol. The summed E-state index contributed by atoms with van der Waals surface area (Å²) < 4.78 is 0. The maximum absolute atomic E-state index is 12.2. The Morgan fingerprint density at radius 1 is 1.25 bits per heavy atom. The first-order valence-corrected chi connectivity index (χ1v) is 7.82. The van der Waals surface area contributed by atoms with Gasteiger partial charge in [0.25, 0.3) is 0 Å². The van der Waals surface area contributed by atoms with E-state index in [0.29, 0.717) is 0 Å². The topological polar surface area (TPSA) is 43.9 Å². The highest BCUT2D eigenvalue weighted by molar-refractivity contribution is 5.82. The number of hydrogen-bond donors (Lipinski definition) is 0. The summed E-state index contributed by atoms with van der Waals surface area (Å²) in [6, 6.07) is 0.0367. The third kappa shape index (κ3) is 3.14. The summed E-state index contributed by atoms with van der Waals surface area (Å²) in [5.74, 6) is 0.626.